The molecule has 0 spiro atoms. The maximum absolute atomic E-state index is 14.8. The Hall–Kier alpha value is -4.74. The van der Waals surface area contributed by atoms with Crippen LogP contribution < -0.4 is 21.4 Å². The average Bonchev–Trinajstić information content (AvgIpc) is 3.24. The monoisotopic (exact) mass is 463 g/mol. The van der Waals surface area contributed by atoms with Crippen LogP contribution in [-0.2, 0) is 6.54 Å². The fourth-order valence-corrected chi connectivity index (χ4v) is 3.81. The van der Waals surface area contributed by atoms with Gasteiger partial charge in [-0.2, -0.15) is 15.0 Å². The van der Waals surface area contributed by atoms with Crippen LogP contribution in [0.4, 0.5) is 16.2 Å². The zero-order chi connectivity index (χ0) is 24.0. The van der Waals surface area contributed by atoms with Gasteiger partial charge >= 0.3 is 11.6 Å². The lowest BCUT2D eigenvalue weighted by Crippen LogP contribution is -2.12. The molecule has 12 heteroatoms. The SMILES string of the molecule is COc1nc(NCc2nc(N)n[nH]2)c2c(=O)oc(-c3cc(O)cc4cccc(F)c34)c(C)c2n1. The van der Waals surface area contributed by atoms with Crippen molar-refractivity contribution in [3.05, 3.63) is 58.0 Å². The molecule has 5 aromatic rings. The summed E-state index contributed by atoms with van der Waals surface area (Å²) in [5.41, 5.74) is 5.65. The molecule has 0 aliphatic carbocycles. The summed E-state index contributed by atoms with van der Waals surface area (Å²) in [6, 6.07) is 7.25. The van der Waals surface area contributed by atoms with E-state index in [4.69, 9.17) is 14.9 Å². The highest BCUT2D eigenvalue weighted by molar-refractivity contribution is 6.00. The third-order valence-electron chi connectivity index (χ3n) is 5.29. The van der Waals surface area contributed by atoms with E-state index < -0.39 is 11.4 Å². The van der Waals surface area contributed by atoms with Crippen LogP contribution in [0.2, 0.25) is 0 Å². The summed E-state index contributed by atoms with van der Waals surface area (Å²) in [6.45, 7) is 1.80. The second-order valence-corrected chi connectivity index (χ2v) is 7.45. The summed E-state index contributed by atoms with van der Waals surface area (Å²) < 4.78 is 25.6. The zero-order valence-electron chi connectivity index (χ0n) is 18.0. The number of aromatic hydroxyl groups is 1. The van der Waals surface area contributed by atoms with Crippen LogP contribution in [0.25, 0.3) is 33.0 Å². The van der Waals surface area contributed by atoms with Crippen molar-refractivity contribution in [3.63, 3.8) is 0 Å². The molecule has 3 heterocycles. The number of benzene rings is 2. The predicted molar refractivity (Wildman–Crippen MR) is 122 cm³/mol. The number of nitrogens with one attached hydrogen (secondary N) is 2. The first kappa shape index (κ1) is 21.1. The largest absolute Gasteiger partial charge is 0.508 e. The van der Waals surface area contributed by atoms with Crippen LogP contribution in [0.3, 0.4) is 0 Å². The minimum atomic E-state index is -0.759. The van der Waals surface area contributed by atoms with Gasteiger partial charge in [0.15, 0.2) is 0 Å². The number of nitrogens with two attached hydrogens (primary N) is 1. The molecular weight excluding hydrogens is 445 g/mol. The first-order chi connectivity index (χ1) is 16.4. The van der Waals surface area contributed by atoms with Crippen molar-refractivity contribution in [2.45, 2.75) is 13.5 Å². The van der Waals surface area contributed by atoms with E-state index >= 15 is 0 Å². The normalized spacial score (nSPS) is 11.3. The Morgan fingerprint density at radius 3 is 2.79 bits per heavy atom. The molecule has 172 valence electrons. The van der Waals surface area contributed by atoms with Crippen molar-refractivity contribution in [1.29, 1.82) is 0 Å². The Balaban J connectivity index is 1.74. The van der Waals surface area contributed by atoms with Gasteiger partial charge in [-0.1, -0.05) is 12.1 Å². The van der Waals surface area contributed by atoms with E-state index in [1.54, 1.807) is 13.0 Å². The lowest BCUT2D eigenvalue weighted by Gasteiger charge is -2.14. The maximum atomic E-state index is 14.8. The number of aromatic amines is 1. The van der Waals surface area contributed by atoms with Crippen LogP contribution in [0.1, 0.15) is 11.4 Å². The number of methoxy groups -OCH3 is 1. The third-order valence-corrected chi connectivity index (χ3v) is 5.29. The molecule has 34 heavy (non-hydrogen) atoms. The smallest absolute Gasteiger partial charge is 0.349 e. The van der Waals surface area contributed by atoms with Crippen molar-refractivity contribution in [3.8, 4) is 23.1 Å². The highest BCUT2D eigenvalue weighted by atomic mass is 19.1. The van der Waals surface area contributed by atoms with Gasteiger partial charge in [0.2, 0.25) is 5.95 Å². The fraction of sp³-hybridized carbons (Fsp3) is 0.136. The number of halogens is 1. The number of aromatic nitrogens is 5. The van der Waals surface area contributed by atoms with Crippen LogP contribution in [0, 0.1) is 12.7 Å². The number of nitrogens with zero attached hydrogens (tertiary/aromatic N) is 4. The Morgan fingerprint density at radius 1 is 1.24 bits per heavy atom. The topological polar surface area (TPSA) is 165 Å². The van der Waals surface area contributed by atoms with E-state index in [0.717, 1.165) is 0 Å². The average molecular weight is 463 g/mol. The number of aryl methyl sites for hydroxylation is 1. The summed E-state index contributed by atoms with van der Waals surface area (Å²) in [6.07, 6.45) is 0. The third kappa shape index (κ3) is 3.50. The summed E-state index contributed by atoms with van der Waals surface area (Å²) >= 11 is 0. The van der Waals surface area contributed by atoms with Gasteiger partial charge in [0.25, 0.3) is 0 Å². The van der Waals surface area contributed by atoms with Gasteiger partial charge in [0, 0.05) is 16.5 Å². The Kier molecular flexibility index (Phi) is 4.97. The van der Waals surface area contributed by atoms with Crippen molar-refractivity contribution in [1.82, 2.24) is 25.1 Å². The van der Waals surface area contributed by atoms with Gasteiger partial charge in [-0.15, -0.1) is 5.10 Å². The molecule has 0 unspecified atom stereocenters. The number of phenols is 1. The highest BCUT2D eigenvalue weighted by Gasteiger charge is 2.22. The predicted octanol–water partition coefficient (Wildman–Crippen LogP) is 2.88. The summed E-state index contributed by atoms with van der Waals surface area (Å²) in [7, 11) is 1.39. The number of phenolic OH excluding ortho intramolecular Hbond substituents is 1. The molecule has 5 rings (SSSR count). The number of nitrogen functional groups attached to an aromatic ring is 1. The molecule has 0 saturated carbocycles. The van der Waals surface area contributed by atoms with Crippen molar-refractivity contribution >= 4 is 33.4 Å². The molecule has 0 saturated heterocycles. The molecule has 0 radical (unpaired) electrons. The standard InChI is InChI=1S/C22H18FN7O4/c1-9-17-16(19(28-22(27-17)33-2)25-8-14-26-21(24)30-29-14)20(32)34-18(9)12-7-11(31)6-10-4-3-5-13(23)15(10)12/h3-7,31H,8H2,1-2H3,(H,25,27,28)(H3,24,26,29,30). The van der Waals surface area contributed by atoms with Crippen molar-refractivity contribution in [2.24, 2.45) is 0 Å². The van der Waals surface area contributed by atoms with Gasteiger partial charge in [0.1, 0.15) is 34.4 Å². The number of hydrogen-bond acceptors (Lipinski definition) is 10. The van der Waals surface area contributed by atoms with E-state index in [-0.39, 0.29) is 57.7 Å². The fourth-order valence-electron chi connectivity index (χ4n) is 3.81. The highest BCUT2D eigenvalue weighted by Crippen LogP contribution is 2.37. The first-order valence-electron chi connectivity index (χ1n) is 10.1. The molecule has 0 aliphatic heterocycles. The molecule has 0 amide bonds. The van der Waals surface area contributed by atoms with E-state index in [0.29, 0.717) is 16.8 Å². The number of rotatable bonds is 5. The van der Waals surface area contributed by atoms with Crippen LogP contribution in [0.15, 0.2) is 39.5 Å². The van der Waals surface area contributed by atoms with Crippen LogP contribution in [0.5, 0.6) is 11.8 Å². The Morgan fingerprint density at radius 2 is 2.06 bits per heavy atom. The van der Waals surface area contributed by atoms with Crippen molar-refractivity contribution in [2.75, 3.05) is 18.2 Å². The minimum Gasteiger partial charge on any atom is -0.508 e. The second-order valence-electron chi connectivity index (χ2n) is 7.45. The number of H-pyrrole nitrogens is 1. The van der Waals surface area contributed by atoms with Gasteiger partial charge < -0.3 is 25.3 Å². The van der Waals surface area contributed by atoms with E-state index in [2.05, 4.69) is 30.5 Å². The lowest BCUT2D eigenvalue weighted by molar-refractivity contribution is 0.382. The van der Waals surface area contributed by atoms with Gasteiger partial charge in [-0.05, 0) is 30.5 Å². The van der Waals surface area contributed by atoms with Crippen molar-refractivity contribution < 1.29 is 18.7 Å². The Labute approximate surface area is 190 Å². The van der Waals surface area contributed by atoms with Gasteiger partial charge in [-0.3, -0.25) is 5.10 Å². The quantitative estimate of drug-likeness (QED) is 0.304. The molecular formula is C22H18FN7O4. The molecule has 3 aromatic heterocycles. The Bertz CT molecular complexity index is 1630. The first-order valence-corrected chi connectivity index (χ1v) is 10.1. The molecule has 2 aromatic carbocycles. The molecule has 0 aliphatic rings. The minimum absolute atomic E-state index is 0.00122. The van der Waals surface area contributed by atoms with E-state index in [1.165, 1.54) is 31.4 Å². The van der Waals surface area contributed by atoms with Crippen LogP contribution >= 0.6 is 0 Å². The van der Waals surface area contributed by atoms with E-state index in [1.807, 2.05) is 0 Å². The van der Waals surface area contributed by atoms with Gasteiger partial charge in [-0.25, -0.2) is 9.18 Å². The maximum Gasteiger partial charge on any atom is 0.349 e. The molecule has 0 fully saturated rings. The number of hydrogen-bond donors (Lipinski definition) is 4. The molecule has 0 atom stereocenters. The van der Waals surface area contributed by atoms with Crippen LogP contribution in [-0.4, -0.2) is 37.4 Å². The van der Waals surface area contributed by atoms with Gasteiger partial charge in [0.05, 0.1) is 19.2 Å². The lowest BCUT2D eigenvalue weighted by atomic mass is 9.98. The number of fused-ring (bicyclic) bond motifs is 2. The summed E-state index contributed by atoms with van der Waals surface area (Å²) in [5, 5.41) is 20.3. The summed E-state index contributed by atoms with van der Waals surface area (Å²) in [5.74, 6) is 0.0772. The van der Waals surface area contributed by atoms with E-state index in [9.17, 15) is 14.3 Å². The zero-order valence-corrected chi connectivity index (χ0v) is 18.0. The number of ether oxygens (including phenoxy) is 1. The molecule has 0 bridgehead atoms. The molecule has 11 nitrogen and oxygen atoms in total. The molecule has 5 N–H and O–H groups in total. The number of anilines is 2. The summed E-state index contributed by atoms with van der Waals surface area (Å²) in [4.78, 5) is 25.7. The second kappa shape index (κ2) is 7.99.